The molecule has 3 amide bonds. The number of hydrogen-bond donors (Lipinski definition) is 3. The zero-order valence-corrected chi connectivity index (χ0v) is 22.2. The summed E-state index contributed by atoms with van der Waals surface area (Å²) < 4.78 is 27.9. The van der Waals surface area contributed by atoms with E-state index in [4.69, 9.17) is 4.74 Å². The lowest BCUT2D eigenvalue weighted by Crippen LogP contribution is -2.55. The van der Waals surface area contributed by atoms with Crippen molar-refractivity contribution in [2.75, 3.05) is 6.26 Å². The summed E-state index contributed by atoms with van der Waals surface area (Å²) in [6.45, 7) is 9.39. The molecule has 3 atom stereocenters. The van der Waals surface area contributed by atoms with Crippen LogP contribution in [0.3, 0.4) is 0 Å². The summed E-state index contributed by atoms with van der Waals surface area (Å²) in [5, 5.41) is 9.09. The molecule has 0 aliphatic carbocycles. The molecular formula is C25H39N3O6S. The Balaban J connectivity index is 2.85. The molecule has 0 saturated heterocycles. The molecule has 3 N–H and O–H groups in total. The third-order valence-electron chi connectivity index (χ3n) is 4.85. The summed E-state index contributed by atoms with van der Waals surface area (Å²) in [6.07, 6.45) is 2.43. The highest BCUT2D eigenvalue weighted by Gasteiger charge is 2.28. The largest absolute Gasteiger partial charge is 0.445 e. The Kier molecular flexibility index (Phi) is 12.5. The number of hydrogen-bond acceptors (Lipinski definition) is 6. The second-order valence-corrected chi connectivity index (χ2v) is 11.5. The molecule has 0 aliphatic heterocycles. The maximum absolute atomic E-state index is 13.1. The van der Waals surface area contributed by atoms with Crippen LogP contribution < -0.4 is 16.0 Å². The standard InChI is InChI=1S/C25H39N3O6S/c1-17(2)14-21(23(29)26-19(5)12-13-35(6,32)33)27-24(30)22(15-18(3)4)28-25(31)34-16-20-10-8-7-9-11-20/h7-13,17-19,21-22H,14-16H2,1-6H3,(H,26,29)(H,27,30)(H,28,31)/b13-12+. The predicted octanol–water partition coefficient (Wildman–Crippen LogP) is 2.92. The van der Waals surface area contributed by atoms with Gasteiger partial charge in [0.1, 0.15) is 18.7 Å². The molecule has 196 valence electrons. The summed E-state index contributed by atoms with van der Waals surface area (Å²) in [4.78, 5) is 38.3. The SMILES string of the molecule is CC(C)CC(NC(=O)OCc1ccccc1)C(=O)NC(CC(C)C)C(=O)NC(C)/C=C/S(C)(=O)=O. The molecule has 0 bridgehead atoms. The third-order valence-corrected chi connectivity index (χ3v) is 5.50. The summed E-state index contributed by atoms with van der Waals surface area (Å²) in [6, 6.07) is 6.89. The number of ether oxygens (including phenoxy) is 1. The number of carbonyl (C=O) groups is 3. The summed E-state index contributed by atoms with van der Waals surface area (Å²) in [7, 11) is -3.32. The van der Waals surface area contributed by atoms with Crippen molar-refractivity contribution in [2.45, 2.75) is 72.2 Å². The highest BCUT2D eigenvalue weighted by atomic mass is 32.2. The van der Waals surface area contributed by atoms with Crippen LogP contribution in [0.15, 0.2) is 41.8 Å². The Bertz CT molecular complexity index is 961. The Morgan fingerprint density at radius 2 is 1.37 bits per heavy atom. The Hall–Kier alpha value is -2.88. The molecule has 3 unspecified atom stereocenters. The quantitative estimate of drug-likeness (QED) is 0.375. The fraction of sp³-hybridized carbons (Fsp3) is 0.560. The van der Waals surface area contributed by atoms with Crippen molar-refractivity contribution in [3.63, 3.8) is 0 Å². The van der Waals surface area contributed by atoms with Gasteiger partial charge in [0.15, 0.2) is 9.84 Å². The molecule has 0 aliphatic rings. The zero-order chi connectivity index (χ0) is 26.6. The van der Waals surface area contributed by atoms with Gasteiger partial charge < -0.3 is 20.7 Å². The fourth-order valence-corrected chi connectivity index (χ4v) is 3.74. The number of benzene rings is 1. The Morgan fingerprint density at radius 3 is 1.89 bits per heavy atom. The lowest BCUT2D eigenvalue weighted by atomic mass is 10.00. The van der Waals surface area contributed by atoms with E-state index in [1.807, 2.05) is 58.0 Å². The van der Waals surface area contributed by atoms with Crippen molar-refractivity contribution in [1.29, 1.82) is 0 Å². The molecule has 0 heterocycles. The van der Waals surface area contributed by atoms with Crippen LogP contribution in [0.25, 0.3) is 0 Å². The van der Waals surface area contributed by atoms with Gasteiger partial charge in [-0.3, -0.25) is 9.59 Å². The van der Waals surface area contributed by atoms with E-state index in [-0.39, 0.29) is 18.4 Å². The molecule has 35 heavy (non-hydrogen) atoms. The van der Waals surface area contributed by atoms with Gasteiger partial charge in [0.25, 0.3) is 0 Å². The minimum atomic E-state index is -3.32. The van der Waals surface area contributed by atoms with Crippen LogP contribution in [0.5, 0.6) is 0 Å². The van der Waals surface area contributed by atoms with Gasteiger partial charge >= 0.3 is 6.09 Å². The van der Waals surface area contributed by atoms with Gasteiger partial charge in [-0.05, 0) is 37.2 Å². The molecule has 0 aromatic heterocycles. The molecule has 9 nitrogen and oxygen atoms in total. The topological polar surface area (TPSA) is 131 Å². The molecule has 0 fully saturated rings. The minimum absolute atomic E-state index is 0.0694. The van der Waals surface area contributed by atoms with Crippen LogP contribution in [0.2, 0.25) is 0 Å². The van der Waals surface area contributed by atoms with Crippen molar-refractivity contribution in [2.24, 2.45) is 11.8 Å². The van der Waals surface area contributed by atoms with E-state index in [1.54, 1.807) is 6.92 Å². The average molecular weight is 510 g/mol. The maximum Gasteiger partial charge on any atom is 0.408 e. The van der Waals surface area contributed by atoms with Gasteiger partial charge in [0.2, 0.25) is 11.8 Å². The molecule has 0 saturated carbocycles. The number of sulfone groups is 1. The van der Waals surface area contributed by atoms with Gasteiger partial charge in [-0.15, -0.1) is 0 Å². The summed E-state index contributed by atoms with van der Waals surface area (Å²) in [5.74, 6) is -0.734. The van der Waals surface area contributed by atoms with Crippen LogP contribution >= 0.6 is 0 Å². The Morgan fingerprint density at radius 1 is 0.857 bits per heavy atom. The number of amides is 3. The van der Waals surface area contributed by atoms with Crippen molar-refractivity contribution in [3.8, 4) is 0 Å². The van der Waals surface area contributed by atoms with E-state index in [9.17, 15) is 22.8 Å². The molecule has 1 aromatic rings. The normalized spacial score (nSPS) is 14.4. The van der Waals surface area contributed by atoms with Crippen LogP contribution in [0, 0.1) is 11.8 Å². The smallest absolute Gasteiger partial charge is 0.408 e. The molecular weight excluding hydrogens is 470 g/mol. The highest BCUT2D eigenvalue weighted by Crippen LogP contribution is 2.10. The van der Waals surface area contributed by atoms with E-state index < -0.39 is 45.9 Å². The number of rotatable bonds is 13. The van der Waals surface area contributed by atoms with Gasteiger partial charge in [-0.1, -0.05) is 64.1 Å². The van der Waals surface area contributed by atoms with Crippen molar-refractivity contribution in [3.05, 3.63) is 47.4 Å². The fourth-order valence-electron chi connectivity index (χ4n) is 3.22. The van der Waals surface area contributed by atoms with Crippen molar-refractivity contribution < 1.29 is 27.5 Å². The van der Waals surface area contributed by atoms with Gasteiger partial charge in [-0.25, -0.2) is 13.2 Å². The predicted molar refractivity (Wildman–Crippen MR) is 136 cm³/mol. The van der Waals surface area contributed by atoms with E-state index in [1.165, 1.54) is 6.08 Å². The number of carbonyl (C=O) groups excluding carboxylic acids is 3. The lowest BCUT2D eigenvalue weighted by molar-refractivity contribution is -0.130. The molecule has 0 radical (unpaired) electrons. The number of nitrogens with one attached hydrogen (secondary N) is 3. The zero-order valence-electron chi connectivity index (χ0n) is 21.4. The van der Waals surface area contributed by atoms with Crippen LogP contribution in [-0.4, -0.2) is 50.7 Å². The first kappa shape index (κ1) is 30.2. The second-order valence-electron chi connectivity index (χ2n) is 9.53. The maximum atomic E-state index is 13.1. The van der Waals surface area contributed by atoms with Gasteiger partial charge in [0, 0.05) is 17.7 Å². The average Bonchev–Trinajstić information content (AvgIpc) is 2.75. The monoisotopic (exact) mass is 509 g/mol. The molecule has 1 rings (SSSR count). The second kappa shape index (κ2) is 14.5. The van der Waals surface area contributed by atoms with Crippen molar-refractivity contribution >= 4 is 27.7 Å². The highest BCUT2D eigenvalue weighted by molar-refractivity contribution is 7.93. The lowest BCUT2D eigenvalue weighted by Gasteiger charge is -2.25. The summed E-state index contributed by atoms with van der Waals surface area (Å²) in [5.41, 5.74) is 0.820. The molecule has 1 aromatic carbocycles. The van der Waals surface area contributed by atoms with E-state index in [0.29, 0.717) is 12.8 Å². The van der Waals surface area contributed by atoms with Crippen molar-refractivity contribution in [1.82, 2.24) is 16.0 Å². The first-order valence-electron chi connectivity index (χ1n) is 11.7. The van der Waals surface area contributed by atoms with E-state index in [2.05, 4.69) is 16.0 Å². The third kappa shape index (κ3) is 13.6. The van der Waals surface area contributed by atoms with Crippen LogP contribution in [-0.2, 0) is 30.8 Å². The van der Waals surface area contributed by atoms with Gasteiger partial charge in [0.05, 0.1) is 0 Å². The number of alkyl carbamates (subject to hydrolysis) is 1. The Labute approximate surface area is 209 Å². The molecule has 0 spiro atoms. The van der Waals surface area contributed by atoms with Crippen LogP contribution in [0.1, 0.15) is 53.0 Å². The minimum Gasteiger partial charge on any atom is -0.445 e. The van der Waals surface area contributed by atoms with E-state index >= 15 is 0 Å². The first-order valence-corrected chi connectivity index (χ1v) is 13.7. The first-order chi connectivity index (χ1) is 16.3. The van der Waals surface area contributed by atoms with Crippen LogP contribution in [0.4, 0.5) is 4.79 Å². The summed E-state index contributed by atoms with van der Waals surface area (Å²) >= 11 is 0. The molecule has 10 heteroatoms. The van der Waals surface area contributed by atoms with Gasteiger partial charge in [-0.2, -0.15) is 0 Å². The van der Waals surface area contributed by atoms with E-state index in [0.717, 1.165) is 17.2 Å².